The van der Waals surface area contributed by atoms with Gasteiger partial charge < -0.3 is 0 Å². The molecule has 0 saturated heterocycles. The first-order valence-electron chi connectivity index (χ1n) is 3.81. The first-order valence-corrected chi connectivity index (χ1v) is 4.22. The van der Waals surface area contributed by atoms with Gasteiger partial charge in [0.25, 0.3) is 0 Å². The van der Waals surface area contributed by atoms with E-state index >= 15 is 0 Å². The summed E-state index contributed by atoms with van der Waals surface area (Å²) in [6.07, 6.45) is 0. The Bertz CT molecular complexity index is 235. The lowest BCUT2D eigenvalue weighted by Gasteiger charge is -2.01. The van der Waals surface area contributed by atoms with Crippen molar-refractivity contribution in [3.05, 3.63) is 35.9 Å². The Hall–Kier alpha value is -0.980. The maximum Gasteiger partial charge on any atom is 0.0554 e. The third kappa shape index (κ3) is 4.78. The molecule has 1 N–H and O–H groups in total. The molecule has 0 aromatic heterocycles. The maximum absolute atomic E-state index is 5.77. The van der Waals surface area contributed by atoms with Crippen molar-refractivity contribution in [3.8, 4) is 0 Å². The van der Waals surface area contributed by atoms with Crippen molar-refractivity contribution >= 4 is 17.4 Å². The number of rotatable bonds is 1. The largest absolute Gasteiger partial charge is 0.248 e. The van der Waals surface area contributed by atoms with E-state index in [1.165, 1.54) is 5.56 Å². The van der Waals surface area contributed by atoms with Gasteiger partial charge in [-0.2, -0.15) is 0 Å². The molecule has 0 heterocycles. The Balaban J connectivity index is 0.000000354. The standard InChI is InChI=1S/C9H12.CHNS/c1-8(2)9-6-4-3-5-7-9;2-1-3/h3-8H,1-2H3;2H. The Kier molecular flexibility index (Phi) is 6.16. The number of isothiocyanates is 1. The monoisotopic (exact) mass is 179 g/mol. The topological polar surface area (TPSA) is 23.9 Å². The van der Waals surface area contributed by atoms with Gasteiger partial charge in [0.2, 0.25) is 0 Å². The molecule has 64 valence electrons. The summed E-state index contributed by atoms with van der Waals surface area (Å²) >= 11 is 3.81. The van der Waals surface area contributed by atoms with Crippen LogP contribution in [0.1, 0.15) is 25.3 Å². The van der Waals surface area contributed by atoms with Gasteiger partial charge in [0, 0.05) is 0 Å². The molecule has 0 aliphatic carbocycles. The van der Waals surface area contributed by atoms with Crippen molar-refractivity contribution in [2.75, 3.05) is 0 Å². The van der Waals surface area contributed by atoms with E-state index in [2.05, 4.69) is 50.3 Å². The summed E-state index contributed by atoms with van der Waals surface area (Å²) in [6.45, 7) is 4.41. The van der Waals surface area contributed by atoms with Crippen LogP contribution in [0.2, 0.25) is 0 Å². The van der Waals surface area contributed by atoms with Gasteiger partial charge in [-0.3, -0.25) is 0 Å². The molecule has 0 radical (unpaired) electrons. The summed E-state index contributed by atoms with van der Waals surface area (Å²) in [7, 11) is 0. The number of nitrogens with one attached hydrogen (secondary N) is 1. The maximum atomic E-state index is 5.77. The van der Waals surface area contributed by atoms with Gasteiger partial charge in [-0.25, -0.2) is 5.41 Å². The number of thiocarbonyl (C=S) groups is 1. The number of hydrogen-bond acceptors (Lipinski definition) is 2. The van der Waals surface area contributed by atoms with E-state index in [-0.39, 0.29) is 0 Å². The molecule has 0 fully saturated rings. The van der Waals surface area contributed by atoms with E-state index in [1.54, 1.807) is 5.16 Å². The third-order valence-corrected chi connectivity index (χ3v) is 1.47. The second-order valence-electron chi connectivity index (χ2n) is 2.67. The second-order valence-corrected chi connectivity index (χ2v) is 2.87. The molecule has 0 aliphatic rings. The highest BCUT2D eigenvalue weighted by Crippen LogP contribution is 2.11. The second kappa shape index (κ2) is 6.71. The highest BCUT2D eigenvalue weighted by atomic mass is 32.1. The van der Waals surface area contributed by atoms with Crippen LogP contribution in [-0.4, -0.2) is 5.16 Å². The van der Waals surface area contributed by atoms with Crippen molar-refractivity contribution in [3.63, 3.8) is 0 Å². The lowest BCUT2D eigenvalue weighted by atomic mass is 10.0. The minimum atomic E-state index is 0.659. The Morgan fingerprint density at radius 1 is 1.25 bits per heavy atom. The molecule has 1 aromatic carbocycles. The lowest BCUT2D eigenvalue weighted by Crippen LogP contribution is -1.83. The molecule has 0 saturated carbocycles. The molecule has 1 nitrogen and oxygen atoms in total. The highest BCUT2D eigenvalue weighted by molar-refractivity contribution is 7.78. The van der Waals surface area contributed by atoms with Crippen LogP contribution >= 0.6 is 12.2 Å². The Labute approximate surface area is 78.9 Å². The fraction of sp³-hybridized carbons (Fsp3) is 0.300. The molecule has 0 atom stereocenters. The molecule has 0 unspecified atom stereocenters. The van der Waals surface area contributed by atoms with Crippen molar-refractivity contribution in [1.29, 1.82) is 5.41 Å². The van der Waals surface area contributed by atoms with E-state index in [0.29, 0.717) is 5.92 Å². The van der Waals surface area contributed by atoms with Gasteiger partial charge in [0.05, 0.1) is 5.16 Å². The quantitative estimate of drug-likeness (QED) is 0.518. The van der Waals surface area contributed by atoms with Crippen LogP contribution in [-0.2, 0) is 0 Å². The van der Waals surface area contributed by atoms with Gasteiger partial charge in [-0.1, -0.05) is 44.2 Å². The van der Waals surface area contributed by atoms with Crippen molar-refractivity contribution in [2.45, 2.75) is 19.8 Å². The smallest absolute Gasteiger partial charge is 0.0554 e. The van der Waals surface area contributed by atoms with Crippen LogP contribution in [0, 0.1) is 5.41 Å². The van der Waals surface area contributed by atoms with Crippen LogP contribution < -0.4 is 0 Å². The van der Waals surface area contributed by atoms with E-state index in [9.17, 15) is 0 Å². The van der Waals surface area contributed by atoms with Gasteiger partial charge in [-0.15, -0.1) is 0 Å². The lowest BCUT2D eigenvalue weighted by molar-refractivity contribution is 0.867. The van der Waals surface area contributed by atoms with Gasteiger partial charge >= 0.3 is 0 Å². The zero-order valence-electron chi connectivity index (χ0n) is 7.37. The molecule has 1 aromatic rings. The SMILES string of the molecule is CC(C)c1ccccc1.N=C=S. The number of benzene rings is 1. The summed E-state index contributed by atoms with van der Waals surface area (Å²) in [5.74, 6) is 0.659. The minimum Gasteiger partial charge on any atom is -0.248 e. The van der Waals surface area contributed by atoms with E-state index < -0.39 is 0 Å². The third-order valence-electron chi connectivity index (χ3n) is 1.47. The summed E-state index contributed by atoms with van der Waals surface area (Å²) in [4.78, 5) is 0. The average Bonchev–Trinajstić information content (AvgIpc) is 2.07. The Morgan fingerprint density at radius 2 is 1.67 bits per heavy atom. The van der Waals surface area contributed by atoms with Crippen LogP contribution in [0.15, 0.2) is 30.3 Å². The zero-order chi connectivity index (χ0) is 9.40. The highest BCUT2D eigenvalue weighted by Gasteiger charge is 1.93. The van der Waals surface area contributed by atoms with Crippen LogP contribution in [0.4, 0.5) is 0 Å². The molecular weight excluding hydrogens is 166 g/mol. The number of hydrogen-bond donors (Lipinski definition) is 1. The molecule has 2 heteroatoms. The van der Waals surface area contributed by atoms with E-state index in [4.69, 9.17) is 5.41 Å². The minimum absolute atomic E-state index is 0.659. The molecular formula is C10H13NS. The van der Waals surface area contributed by atoms with Crippen molar-refractivity contribution in [2.24, 2.45) is 0 Å². The molecule has 0 aliphatic heterocycles. The molecule has 0 spiro atoms. The van der Waals surface area contributed by atoms with Crippen LogP contribution in [0.3, 0.4) is 0 Å². The molecule has 0 amide bonds. The first kappa shape index (κ1) is 11.0. The average molecular weight is 179 g/mol. The Morgan fingerprint density at radius 3 is 1.92 bits per heavy atom. The van der Waals surface area contributed by atoms with Crippen molar-refractivity contribution in [1.82, 2.24) is 0 Å². The van der Waals surface area contributed by atoms with Crippen LogP contribution in [0.25, 0.3) is 0 Å². The zero-order valence-corrected chi connectivity index (χ0v) is 8.19. The summed E-state index contributed by atoms with van der Waals surface area (Å²) in [5.41, 5.74) is 1.41. The van der Waals surface area contributed by atoms with Gasteiger partial charge in [-0.05, 0) is 23.7 Å². The normalized spacial score (nSPS) is 8.25. The summed E-state index contributed by atoms with van der Waals surface area (Å²) in [5, 5.41) is 7.36. The molecule has 1 rings (SSSR count). The van der Waals surface area contributed by atoms with E-state index in [0.717, 1.165) is 0 Å². The molecule has 12 heavy (non-hydrogen) atoms. The van der Waals surface area contributed by atoms with E-state index in [1.807, 2.05) is 6.07 Å². The first-order chi connectivity index (χ1) is 5.72. The van der Waals surface area contributed by atoms with Crippen LogP contribution in [0.5, 0.6) is 0 Å². The summed E-state index contributed by atoms with van der Waals surface area (Å²) in [6, 6.07) is 10.5. The van der Waals surface area contributed by atoms with Gasteiger partial charge in [0.1, 0.15) is 0 Å². The fourth-order valence-corrected chi connectivity index (χ4v) is 0.838. The molecule has 0 bridgehead atoms. The predicted molar refractivity (Wildman–Crippen MR) is 55.8 cm³/mol. The fourth-order valence-electron chi connectivity index (χ4n) is 0.838. The van der Waals surface area contributed by atoms with Gasteiger partial charge in [0.15, 0.2) is 0 Å². The predicted octanol–water partition coefficient (Wildman–Crippen LogP) is 3.48. The summed E-state index contributed by atoms with van der Waals surface area (Å²) < 4.78 is 0. The van der Waals surface area contributed by atoms with Crippen molar-refractivity contribution < 1.29 is 0 Å².